The van der Waals surface area contributed by atoms with Crippen molar-refractivity contribution >= 4 is 23.0 Å². The quantitative estimate of drug-likeness (QED) is 0.656. The summed E-state index contributed by atoms with van der Waals surface area (Å²) in [6, 6.07) is 10.2. The van der Waals surface area contributed by atoms with Crippen molar-refractivity contribution in [2.75, 3.05) is 5.32 Å². The third-order valence-electron chi connectivity index (χ3n) is 2.69. The lowest BCUT2D eigenvalue weighted by Gasteiger charge is -2.05. The molecule has 1 aromatic heterocycles. The standard InChI is InChI=1S/C14H17N3S/c1-10-3-5-12(6-4-10)17-14(15)16-9-13-11(2)7-8-18-13/h3-8H,9H2,1-2H3,(H3,15,16,17). The van der Waals surface area contributed by atoms with Crippen molar-refractivity contribution in [2.45, 2.75) is 20.4 Å². The molecule has 18 heavy (non-hydrogen) atoms. The van der Waals surface area contributed by atoms with E-state index in [1.165, 1.54) is 16.0 Å². The third-order valence-corrected chi connectivity index (χ3v) is 3.69. The molecular formula is C14H17N3S. The number of thiophene rings is 1. The van der Waals surface area contributed by atoms with Gasteiger partial charge < -0.3 is 11.1 Å². The highest BCUT2D eigenvalue weighted by Crippen LogP contribution is 2.16. The summed E-state index contributed by atoms with van der Waals surface area (Å²) in [4.78, 5) is 5.59. The van der Waals surface area contributed by atoms with Crippen LogP contribution in [0.1, 0.15) is 16.0 Å². The van der Waals surface area contributed by atoms with Gasteiger partial charge in [-0.25, -0.2) is 4.99 Å². The molecule has 0 radical (unpaired) electrons. The third kappa shape index (κ3) is 3.34. The number of hydrogen-bond acceptors (Lipinski definition) is 2. The molecule has 0 saturated heterocycles. The van der Waals surface area contributed by atoms with Gasteiger partial charge in [0.2, 0.25) is 0 Å². The van der Waals surface area contributed by atoms with Gasteiger partial charge in [-0.3, -0.25) is 0 Å². The van der Waals surface area contributed by atoms with Crippen LogP contribution in [0.3, 0.4) is 0 Å². The molecule has 0 amide bonds. The molecule has 0 aliphatic carbocycles. The summed E-state index contributed by atoms with van der Waals surface area (Å²) in [6.07, 6.45) is 0. The van der Waals surface area contributed by atoms with E-state index in [1.54, 1.807) is 11.3 Å². The van der Waals surface area contributed by atoms with E-state index in [4.69, 9.17) is 5.73 Å². The number of rotatable bonds is 3. The Balaban J connectivity index is 1.97. The van der Waals surface area contributed by atoms with E-state index in [-0.39, 0.29) is 0 Å². The Kier molecular flexibility index (Phi) is 3.99. The molecule has 1 aromatic carbocycles. The fourth-order valence-corrected chi connectivity index (χ4v) is 2.38. The maximum absolute atomic E-state index is 5.85. The predicted octanol–water partition coefficient (Wildman–Crippen LogP) is 3.29. The van der Waals surface area contributed by atoms with Crippen LogP contribution in [0.25, 0.3) is 0 Å². The summed E-state index contributed by atoms with van der Waals surface area (Å²) in [5, 5.41) is 5.16. The van der Waals surface area contributed by atoms with Crippen molar-refractivity contribution in [1.29, 1.82) is 0 Å². The van der Waals surface area contributed by atoms with Crippen LogP contribution in [0.5, 0.6) is 0 Å². The molecule has 0 saturated carbocycles. The summed E-state index contributed by atoms with van der Waals surface area (Å²) < 4.78 is 0. The lowest BCUT2D eigenvalue weighted by Crippen LogP contribution is -2.22. The van der Waals surface area contributed by atoms with E-state index in [0.29, 0.717) is 12.5 Å². The van der Waals surface area contributed by atoms with Crippen molar-refractivity contribution in [1.82, 2.24) is 0 Å². The van der Waals surface area contributed by atoms with Crippen molar-refractivity contribution < 1.29 is 0 Å². The first-order valence-electron chi connectivity index (χ1n) is 5.82. The summed E-state index contributed by atoms with van der Waals surface area (Å²) in [6.45, 7) is 4.78. The normalized spacial score (nSPS) is 11.6. The van der Waals surface area contributed by atoms with Gasteiger partial charge in [0.25, 0.3) is 0 Å². The largest absolute Gasteiger partial charge is 0.370 e. The number of nitrogens with two attached hydrogens (primary N) is 1. The Hall–Kier alpha value is -1.81. The van der Waals surface area contributed by atoms with Crippen LogP contribution < -0.4 is 11.1 Å². The molecule has 0 atom stereocenters. The first-order chi connectivity index (χ1) is 8.65. The number of hydrogen-bond donors (Lipinski definition) is 2. The topological polar surface area (TPSA) is 50.4 Å². The van der Waals surface area contributed by atoms with Gasteiger partial charge in [0.15, 0.2) is 5.96 Å². The van der Waals surface area contributed by atoms with Gasteiger partial charge in [-0.15, -0.1) is 11.3 Å². The lowest BCUT2D eigenvalue weighted by molar-refractivity contribution is 1.08. The first-order valence-corrected chi connectivity index (χ1v) is 6.69. The molecule has 0 bridgehead atoms. The van der Waals surface area contributed by atoms with Crippen molar-refractivity contribution in [2.24, 2.45) is 10.7 Å². The number of anilines is 1. The van der Waals surface area contributed by atoms with Crippen molar-refractivity contribution in [3.05, 3.63) is 51.7 Å². The number of benzene rings is 1. The number of aryl methyl sites for hydroxylation is 2. The molecule has 94 valence electrons. The molecule has 3 nitrogen and oxygen atoms in total. The van der Waals surface area contributed by atoms with Gasteiger partial charge in [-0.1, -0.05) is 17.7 Å². The SMILES string of the molecule is Cc1ccc(NC(N)=NCc2sccc2C)cc1. The molecule has 2 aromatic rings. The summed E-state index contributed by atoms with van der Waals surface area (Å²) >= 11 is 1.71. The van der Waals surface area contributed by atoms with E-state index >= 15 is 0 Å². The Morgan fingerprint density at radius 3 is 2.56 bits per heavy atom. The highest BCUT2D eigenvalue weighted by Gasteiger charge is 1.99. The number of guanidine groups is 1. The highest BCUT2D eigenvalue weighted by molar-refractivity contribution is 7.10. The van der Waals surface area contributed by atoms with Crippen LogP contribution in [0.4, 0.5) is 5.69 Å². The number of aliphatic imine (C=N–C) groups is 1. The van der Waals surface area contributed by atoms with E-state index in [0.717, 1.165) is 5.69 Å². The van der Waals surface area contributed by atoms with Crippen LogP contribution in [-0.2, 0) is 6.54 Å². The van der Waals surface area contributed by atoms with Gasteiger partial charge in [-0.05, 0) is 43.0 Å². The van der Waals surface area contributed by atoms with E-state index in [2.05, 4.69) is 35.6 Å². The fourth-order valence-electron chi connectivity index (χ4n) is 1.55. The Labute approximate surface area is 111 Å². The van der Waals surface area contributed by atoms with Crippen molar-refractivity contribution in [3.8, 4) is 0 Å². The highest BCUT2D eigenvalue weighted by atomic mass is 32.1. The second-order valence-electron chi connectivity index (χ2n) is 4.22. The van der Waals surface area contributed by atoms with Crippen molar-refractivity contribution in [3.63, 3.8) is 0 Å². The summed E-state index contributed by atoms with van der Waals surface area (Å²) in [7, 11) is 0. The van der Waals surface area contributed by atoms with Crippen LogP contribution >= 0.6 is 11.3 Å². The molecule has 2 rings (SSSR count). The Bertz CT molecular complexity index is 540. The monoisotopic (exact) mass is 259 g/mol. The maximum Gasteiger partial charge on any atom is 0.193 e. The molecule has 3 N–H and O–H groups in total. The molecule has 4 heteroatoms. The lowest BCUT2D eigenvalue weighted by atomic mass is 10.2. The van der Waals surface area contributed by atoms with Crippen LogP contribution in [0.2, 0.25) is 0 Å². The smallest absolute Gasteiger partial charge is 0.193 e. The fraction of sp³-hybridized carbons (Fsp3) is 0.214. The maximum atomic E-state index is 5.85. The Morgan fingerprint density at radius 1 is 1.22 bits per heavy atom. The Morgan fingerprint density at radius 2 is 1.94 bits per heavy atom. The summed E-state index contributed by atoms with van der Waals surface area (Å²) in [5.74, 6) is 0.451. The average molecular weight is 259 g/mol. The van der Waals surface area contributed by atoms with Gasteiger partial charge in [-0.2, -0.15) is 0 Å². The summed E-state index contributed by atoms with van der Waals surface area (Å²) in [5.41, 5.74) is 9.31. The van der Waals surface area contributed by atoms with Gasteiger partial charge in [0.05, 0.1) is 6.54 Å². The number of nitrogens with zero attached hydrogens (tertiary/aromatic N) is 1. The zero-order chi connectivity index (χ0) is 13.0. The number of nitrogens with one attached hydrogen (secondary N) is 1. The second kappa shape index (κ2) is 5.69. The zero-order valence-electron chi connectivity index (χ0n) is 10.6. The van der Waals surface area contributed by atoms with E-state index in [9.17, 15) is 0 Å². The van der Waals surface area contributed by atoms with E-state index in [1.807, 2.05) is 24.3 Å². The minimum absolute atomic E-state index is 0.451. The molecule has 0 unspecified atom stereocenters. The molecular weight excluding hydrogens is 242 g/mol. The minimum atomic E-state index is 0.451. The molecule has 0 aliphatic rings. The zero-order valence-corrected chi connectivity index (χ0v) is 11.4. The predicted molar refractivity (Wildman–Crippen MR) is 79.2 cm³/mol. The van der Waals surface area contributed by atoms with Gasteiger partial charge in [0, 0.05) is 10.6 Å². The van der Waals surface area contributed by atoms with Crippen LogP contribution in [0.15, 0.2) is 40.7 Å². The minimum Gasteiger partial charge on any atom is -0.370 e. The molecule has 1 heterocycles. The first kappa shape index (κ1) is 12.6. The van der Waals surface area contributed by atoms with E-state index < -0.39 is 0 Å². The second-order valence-corrected chi connectivity index (χ2v) is 5.22. The molecule has 0 spiro atoms. The van der Waals surface area contributed by atoms with Crippen LogP contribution in [0, 0.1) is 13.8 Å². The van der Waals surface area contributed by atoms with Gasteiger partial charge in [0.1, 0.15) is 0 Å². The molecule has 0 aliphatic heterocycles. The molecule has 0 fully saturated rings. The average Bonchev–Trinajstić information content (AvgIpc) is 2.75. The van der Waals surface area contributed by atoms with Gasteiger partial charge >= 0.3 is 0 Å². The van der Waals surface area contributed by atoms with Crippen LogP contribution in [-0.4, -0.2) is 5.96 Å².